The van der Waals surface area contributed by atoms with E-state index in [9.17, 15) is 15.0 Å². The predicted molar refractivity (Wildman–Crippen MR) is 137 cm³/mol. The third-order valence-electron chi connectivity index (χ3n) is 5.57. The Balaban J connectivity index is 1.75. The van der Waals surface area contributed by atoms with E-state index in [-0.39, 0.29) is 24.6 Å². The van der Waals surface area contributed by atoms with Crippen molar-refractivity contribution >= 4 is 50.6 Å². The number of fused-ring (bicyclic) bond motifs is 3. The molecule has 0 atom stereocenters. The van der Waals surface area contributed by atoms with Gasteiger partial charge in [-0.3, -0.25) is 4.79 Å². The minimum atomic E-state index is -0.135. The highest BCUT2D eigenvalue weighted by Crippen LogP contribution is 2.32. The van der Waals surface area contributed by atoms with Crippen molar-refractivity contribution in [2.75, 3.05) is 12.3 Å². The first kappa shape index (κ1) is 23.6. The number of amides is 1. The number of carbonyl (C=O) groups excluding carboxylic acids is 1. The first-order valence-electron chi connectivity index (χ1n) is 10.7. The van der Waals surface area contributed by atoms with Crippen LogP contribution in [0.3, 0.4) is 0 Å². The molecule has 2 heterocycles. The van der Waals surface area contributed by atoms with E-state index >= 15 is 0 Å². The molecule has 4 rings (SSSR count). The van der Waals surface area contributed by atoms with Gasteiger partial charge in [0, 0.05) is 46.2 Å². The summed E-state index contributed by atoms with van der Waals surface area (Å²) < 4.78 is 6.03. The summed E-state index contributed by atoms with van der Waals surface area (Å²) in [6.07, 6.45) is 2.56. The number of thiol groups is 1. The molecule has 0 aliphatic heterocycles. The van der Waals surface area contributed by atoms with Gasteiger partial charge in [0.25, 0.3) is 0 Å². The number of furan rings is 1. The number of nitrogens with two attached hydrogens (primary N) is 1. The highest BCUT2D eigenvalue weighted by atomic mass is 32.1. The molecule has 2 aromatic carbocycles. The van der Waals surface area contributed by atoms with E-state index in [0.717, 1.165) is 16.4 Å². The van der Waals surface area contributed by atoms with Gasteiger partial charge in [-0.1, -0.05) is 30.3 Å². The lowest BCUT2D eigenvalue weighted by Gasteiger charge is -2.21. The van der Waals surface area contributed by atoms with Crippen molar-refractivity contribution in [3.63, 3.8) is 0 Å². The van der Waals surface area contributed by atoms with Crippen LogP contribution < -0.4 is 5.73 Å². The van der Waals surface area contributed by atoms with Gasteiger partial charge >= 0.3 is 0 Å². The number of hydrogen-bond acceptors (Lipinski definition) is 6. The lowest BCUT2D eigenvalue weighted by Crippen LogP contribution is -2.22. The van der Waals surface area contributed by atoms with E-state index in [0.29, 0.717) is 56.7 Å². The molecule has 8 nitrogen and oxygen atoms in total. The smallest absolute Gasteiger partial charge is 0.214 e. The standard InChI is InChI=1S/C25H26N4O4S/c1-15(29(14-31)13-17-12-27-16(2)28-24(17)26)22(10-11-30)34-25(32)20-8-5-7-19-18-6-3-4-9-21(18)33-23(19)20/h3-9,12,14,30,32,34H,10-11,13H2,1-2H3,(H2,26,27,28)/b22-15-. The van der Waals surface area contributed by atoms with Crippen molar-refractivity contribution in [1.82, 2.24) is 14.9 Å². The minimum Gasteiger partial charge on any atom is -0.455 e. The molecule has 0 saturated heterocycles. The zero-order valence-corrected chi connectivity index (χ0v) is 19.8. The van der Waals surface area contributed by atoms with Crippen LogP contribution in [0, 0.1) is 6.92 Å². The van der Waals surface area contributed by atoms with E-state index in [1.807, 2.05) is 36.4 Å². The van der Waals surface area contributed by atoms with Gasteiger partial charge in [0.2, 0.25) is 6.41 Å². The fraction of sp³-hybridized carbons (Fsp3) is 0.200. The van der Waals surface area contributed by atoms with Crippen LogP contribution in [0.15, 0.2) is 63.7 Å². The third-order valence-corrected chi connectivity index (χ3v) is 6.84. The van der Waals surface area contributed by atoms with Gasteiger partial charge in [-0.15, -0.1) is 11.4 Å². The van der Waals surface area contributed by atoms with Gasteiger partial charge < -0.3 is 25.3 Å². The highest BCUT2D eigenvalue weighted by molar-refractivity contribution is 8.02. The Bertz CT molecular complexity index is 1430. The van der Waals surface area contributed by atoms with Crippen molar-refractivity contribution in [3.8, 4) is 0 Å². The van der Waals surface area contributed by atoms with E-state index in [4.69, 9.17) is 10.2 Å². The topological polar surface area (TPSA) is 126 Å². The van der Waals surface area contributed by atoms with Gasteiger partial charge in [-0.25, -0.2) is 9.97 Å². The quantitative estimate of drug-likeness (QED) is 0.171. The summed E-state index contributed by atoms with van der Waals surface area (Å²) in [4.78, 5) is 22.4. The fourth-order valence-corrected chi connectivity index (χ4v) is 4.81. The molecule has 0 unspecified atom stereocenters. The second-order valence-electron chi connectivity index (χ2n) is 7.78. The number of nitrogens with zero attached hydrogens (tertiary/aromatic N) is 3. The fourth-order valence-electron chi connectivity index (χ4n) is 3.75. The van der Waals surface area contributed by atoms with E-state index in [1.165, 1.54) is 4.90 Å². The number of aliphatic hydroxyl groups is 2. The number of nitrogen functional groups attached to an aromatic ring is 1. The van der Waals surface area contributed by atoms with Gasteiger partial charge in [0.1, 0.15) is 27.9 Å². The molecular weight excluding hydrogens is 452 g/mol. The zero-order chi connectivity index (χ0) is 24.2. The number of hydrogen-bond donors (Lipinski definition) is 4. The number of carbonyl (C=O) groups is 1. The van der Waals surface area contributed by atoms with Crippen LogP contribution in [0.1, 0.15) is 30.3 Å². The molecule has 9 heteroatoms. The largest absolute Gasteiger partial charge is 0.455 e. The Morgan fingerprint density at radius 3 is 2.71 bits per heavy atom. The lowest BCUT2D eigenvalue weighted by molar-refractivity contribution is -0.116. The number of benzene rings is 2. The average molecular weight is 479 g/mol. The molecule has 0 spiro atoms. The Morgan fingerprint density at radius 2 is 1.97 bits per heavy atom. The number of allylic oxidation sites excluding steroid dienone is 1. The molecule has 4 N–H and O–H groups in total. The van der Waals surface area contributed by atoms with Crippen LogP contribution in [-0.4, -0.2) is 43.1 Å². The average Bonchev–Trinajstić information content (AvgIpc) is 3.21. The molecule has 0 fully saturated rings. The summed E-state index contributed by atoms with van der Waals surface area (Å²) in [7, 11) is 0. The molecule has 1 amide bonds. The predicted octanol–water partition coefficient (Wildman–Crippen LogP) is 4.04. The Hall–Kier alpha value is -3.53. The molecule has 0 saturated carbocycles. The van der Waals surface area contributed by atoms with Crippen molar-refractivity contribution in [3.05, 3.63) is 76.2 Å². The van der Waals surface area contributed by atoms with Crippen LogP contribution in [-0.2, 0) is 11.3 Å². The maximum atomic E-state index is 11.9. The number of aryl methyl sites for hydroxylation is 1. The Morgan fingerprint density at radius 1 is 1.21 bits per heavy atom. The summed E-state index contributed by atoms with van der Waals surface area (Å²) in [6, 6.07) is 13.3. The minimum absolute atomic E-state index is 0.0662. The highest BCUT2D eigenvalue weighted by Gasteiger charge is 2.16. The molecule has 4 aromatic rings. The summed E-state index contributed by atoms with van der Waals surface area (Å²) in [5.74, 6) is 0.851. The van der Waals surface area contributed by atoms with E-state index < -0.39 is 0 Å². The summed E-state index contributed by atoms with van der Waals surface area (Å²) in [5.41, 5.74) is 9.10. The summed E-state index contributed by atoms with van der Waals surface area (Å²) >= 11 is 0.459. The van der Waals surface area contributed by atoms with Gasteiger partial charge in [0.15, 0.2) is 0 Å². The number of rotatable bonds is 8. The van der Waals surface area contributed by atoms with Crippen LogP contribution in [0.2, 0.25) is 0 Å². The Labute approximate surface area is 200 Å². The molecule has 0 aliphatic rings. The molecule has 0 bridgehead atoms. The number of para-hydroxylation sites is 2. The van der Waals surface area contributed by atoms with Crippen LogP contribution >= 0.6 is 11.4 Å². The monoisotopic (exact) mass is 478 g/mol. The normalized spacial score (nSPS) is 13.0. The second-order valence-corrected chi connectivity index (χ2v) is 8.97. The van der Waals surface area contributed by atoms with Crippen molar-refractivity contribution in [1.29, 1.82) is 0 Å². The number of anilines is 1. The van der Waals surface area contributed by atoms with Gasteiger partial charge in [0.05, 0.1) is 12.1 Å². The maximum Gasteiger partial charge on any atom is 0.214 e. The Kier molecular flexibility index (Phi) is 7.06. The molecular formula is C25H26N4O4S. The van der Waals surface area contributed by atoms with Gasteiger partial charge in [-0.2, -0.15) is 0 Å². The van der Waals surface area contributed by atoms with Gasteiger partial charge in [-0.05, 0) is 26.0 Å². The molecule has 2 aromatic heterocycles. The lowest BCUT2D eigenvalue weighted by atomic mass is 10.1. The maximum absolute atomic E-state index is 11.9. The molecule has 0 aliphatic carbocycles. The first-order valence-corrected chi connectivity index (χ1v) is 11.6. The number of aliphatic hydroxyl groups excluding tert-OH is 2. The third kappa shape index (κ3) is 4.72. The van der Waals surface area contributed by atoms with Crippen molar-refractivity contribution < 1.29 is 19.4 Å². The van der Waals surface area contributed by atoms with Crippen LogP contribution in [0.4, 0.5) is 5.82 Å². The molecule has 176 valence electrons. The first-order chi connectivity index (χ1) is 16.4. The summed E-state index contributed by atoms with van der Waals surface area (Å²) in [6.45, 7) is 3.55. The van der Waals surface area contributed by atoms with Crippen LogP contribution in [0.25, 0.3) is 21.9 Å². The zero-order valence-electron chi connectivity index (χ0n) is 18.9. The second kappa shape index (κ2) is 10.2. The van der Waals surface area contributed by atoms with Crippen LogP contribution in [0.5, 0.6) is 0 Å². The van der Waals surface area contributed by atoms with E-state index in [2.05, 4.69) is 9.97 Å². The van der Waals surface area contributed by atoms with Crippen molar-refractivity contribution in [2.45, 2.75) is 26.8 Å². The molecule has 34 heavy (non-hydrogen) atoms. The molecule has 0 radical (unpaired) electrons. The summed E-state index contributed by atoms with van der Waals surface area (Å²) in [5, 5.41) is 22.7. The van der Waals surface area contributed by atoms with Crippen molar-refractivity contribution in [2.24, 2.45) is 0 Å². The number of aromatic nitrogens is 2. The SMILES string of the molecule is C/C(=C(CCO)/[SH]=C(\O)c1cccc2c1oc1ccccc12)N(C=O)Cc1cnc(C)nc1N. The van der Waals surface area contributed by atoms with E-state index in [1.54, 1.807) is 26.1 Å².